The highest BCUT2D eigenvalue weighted by Crippen LogP contribution is 2.61. The second kappa shape index (κ2) is 11.3. The average Bonchev–Trinajstić information content (AvgIpc) is 3.39. The SMILES string of the molecule is Cn1nccc1C(=O)N[C@H](C(=O)Nc1cccc(C2(C(=O)NCC3(C)CCC3)CCCC2)c1)C1c2ccccc2OCC12CC2. The number of amides is 3. The zero-order valence-corrected chi connectivity index (χ0v) is 26.2. The molecule has 2 atom stereocenters. The number of nitrogens with one attached hydrogen (secondary N) is 3. The summed E-state index contributed by atoms with van der Waals surface area (Å²) in [6.07, 6.45) is 10.5. The maximum absolute atomic E-state index is 14.4. The molecule has 3 fully saturated rings. The Hall–Kier alpha value is -4.14. The van der Waals surface area contributed by atoms with Gasteiger partial charge in [-0.1, -0.05) is 56.5 Å². The predicted molar refractivity (Wildman–Crippen MR) is 171 cm³/mol. The number of aromatic nitrogens is 2. The van der Waals surface area contributed by atoms with E-state index < -0.39 is 11.5 Å². The summed E-state index contributed by atoms with van der Waals surface area (Å²) in [5, 5.41) is 13.7. The summed E-state index contributed by atoms with van der Waals surface area (Å²) in [7, 11) is 1.71. The summed E-state index contributed by atoms with van der Waals surface area (Å²) in [5.41, 5.74) is 2.23. The Balaban J connectivity index is 1.18. The minimum atomic E-state index is -0.851. The third kappa shape index (κ3) is 5.40. The van der Waals surface area contributed by atoms with Crippen molar-refractivity contribution in [3.63, 3.8) is 0 Å². The maximum atomic E-state index is 14.4. The molecule has 0 saturated heterocycles. The molecule has 0 radical (unpaired) electrons. The van der Waals surface area contributed by atoms with E-state index >= 15 is 0 Å². The lowest BCUT2D eigenvalue weighted by atomic mass is 9.70. The molecule has 2 heterocycles. The van der Waals surface area contributed by atoms with Gasteiger partial charge in [0.15, 0.2) is 0 Å². The van der Waals surface area contributed by atoms with E-state index in [1.807, 2.05) is 48.5 Å². The summed E-state index contributed by atoms with van der Waals surface area (Å²) in [6, 6.07) is 16.4. The van der Waals surface area contributed by atoms with Crippen molar-refractivity contribution in [2.75, 3.05) is 18.5 Å². The van der Waals surface area contributed by atoms with Gasteiger partial charge < -0.3 is 20.7 Å². The van der Waals surface area contributed by atoms with Gasteiger partial charge in [0.1, 0.15) is 17.5 Å². The van der Waals surface area contributed by atoms with Gasteiger partial charge in [0.25, 0.3) is 5.91 Å². The number of ether oxygens (including phenoxy) is 1. The molecular weight excluding hydrogens is 566 g/mol. The van der Waals surface area contributed by atoms with Crippen LogP contribution in [0.3, 0.4) is 0 Å². The Kier molecular flexibility index (Phi) is 7.45. The molecule has 3 amide bonds. The highest BCUT2D eigenvalue weighted by atomic mass is 16.5. The zero-order valence-electron chi connectivity index (χ0n) is 26.2. The second-order valence-corrected chi connectivity index (χ2v) is 14.2. The van der Waals surface area contributed by atoms with Crippen LogP contribution in [0, 0.1) is 10.8 Å². The predicted octanol–water partition coefficient (Wildman–Crippen LogP) is 5.23. The van der Waals surface area contributed by atoms with Crippen LogP contribution in [0.15, 0.2) is 60.8 Å². The van der Waals surface area contributed by atoms with Crippen molar-refractivity contribution in [2.24, 2.45) is 17.9 Å². The van der Waals surface area contributed by atoms with Crippen LogP contribution in [0.2, 0.25) is 0 Å². The molecule has 1 spiro atoms. The van der Waals surface area contributed by atoms with E-state index in [4.69, 9.17) is 4.74 Å². The Labute approximate surface area is 264 Å². The highest BCUT2D eigenvalue weighted by Gasteiger charge is 2.58. The van der Waals surface area contributed by atoms with E-state index in [0.29, 0.717) is 24.5 Å². The number of hydrogen-bond acceptors (Lipinski definition) is 5. The van der Waals surface area contributed by atoms with Crippen molar-refractivity contribution in [1.82, 2.24) is 20.4 Å². The molecule has 0 bridgehead atoms. The standard InChI is InChI=1S/C36H43N5O4/c1-34(14-8-15-34)22-37-33(44)36(16-5-6-17-36)24-9-7-10-25(21-24)39-32(43)30(40-31(42)27-13-20-38-41(27)2)29-26-11-3-4-12-28(26)45-23-35(29)18-19-35/h3-4,7,9-13,20-21,29-30H,5-6,8,14-19,22-23H2,1-2H3,(H,37,44)(H,39,43)(H,40,42)/t29?,30-/m0/s1. The smallest absolute Gasteiger partial charge is 0.270 e. The Bertz CT molecular complexity index is 1610. The van der Waals surface area contributed by atoms with E-state index in [2.05, 4.69) is 28.0 Å². The van der Waals surface area contributed by atoms with Crippen LogP contribution in [0.1, 0.15) is 92.2 Å². The van der Waals surface area contributed by atoms with Crippen molar-refractivity contribution >= 4 is 23.4 Å². The summed E-state index contributed by atoms with van der Waals surface area (Å²) in [5.74, 6) is -0.0709. The number of anilines is 1. The quantitative estimate of drug-likeness (QED) is 0.307. The molecule has 1 unspecified atom stereocenters. The third-order valence-corrected chi connectivity index (χ3v) is 11.1. The van der Waals surface area contributed by atoms with Gasteiger partial charge in [0.2, 0.25) is 11.8 Å². The van der Waals surface area contributed by atoms with Crippen LogP contribution in [-0.4, -0.2) is 46.7 Å². The molecule has 4 aliphatic rings. The van der Waals surface area contributed by atoms with Crippen molar-refractivity contribution < 1.29 is 19.1 Å². The van der Waals surface area contributed by atoms with Gasteiger partial charge in [0, 0.05) is 42.4 Å². The van der Waals surface area contributed by atoms with E-state index in [0.717, 1.165) is 68.2 Å². The lowest BCUT2D eigenvalue weighted by Gasteiger charge is -2.40. The van der Waals surface area contributed by atoms with Gasteiger partial charge in [0.05, 0.1) is 12.0 Å². The summed E-state index contributed by atoms with van der Waals surface area (Å²) in [6.45, 7) is 3.46. The van der Waals surface area contributed by atoms with Gasteiger partial charge in [-0.2, -0.15) is 5.10 Å². The van der Waals surface area contributed by atoms with Crippen LogP contribution in [0.4, 0.5) is 5.69 Å². The van der Waals surface area contributed by atoms with Gasteiger partial charge in [-0.05, 0) is 73.8 Å². The summed E-state index contributed by atoms with van der Waals surface area (Å²) in [4.78, 5) is 41.7. The fraction of sp³-hybridized carbons (Fsp3) is 0.500. The molecule has 7 rings (SSSR count). The van der Waals surface area contributed by atoms with E-state index in [1.54, 1.807) is 19.3 Å². The van der Waals surface area contributed by atoms with Crippen LogP contribution >= 0.6 is 0 Å². The van der Waals surface area contributed by atoms with Crippen molar-refractivity contribution in [1.29, 1.82) is 0 Å². The molecule has 3 N–H and O–H groups in total. The van der Waals surface area contributed by atoms with Gasteiger partial charge in [-0.15, -0.1) is 0 Å². The Morgan fingerprint density at radius 3 is 2.44 bits per heavy atom. The van der Waals surface area contributed by atoms with E-state index in [-0.39, 0.29) is 34.5 Å². The molecule has 1 aromatic heterocycles. The zero-order chi connectivity index (χ0) is 31.2. The molecular formula is C36H43N5O4. The first-order valence-electron chi connectivity index (χ1n) is 16.4. The normalized spacial score (nSPS) is 22.3. The molecule has 1 aliphatic heterocycles. The number of rotatable bonds is 9. The van der Waals surface area contributed by atoms with Crippen molar-refractivity contribution in [3.8, 4) is 5.75 Å². The monoisotopic (exact) mass is 609 g/mol. The Morgan fingerprint density at radius 1 is 0.978 bits per heavy atom. The molecule has 9 nitrogen and oxygen atoms in total. The van der Waals surface area contributed by atoms with E-state index in [1.165, 1.54) is 11.1 Å². The third-order valence-electron chi connectivity index (χ3n) is 11.1. The number of aryl methyl sites for hydroxylation is 1. The number of benzene rings is 2. The van der Waals surface area contributed by atoms with Crippen LogP contribution in [-0.2, 0) is 22.1 Å². The molecule has 236 valence electrons. The summed E-state index contributed by atoms with van der Waals surface area (Å²) >= 11 is 0. The number of carbonyl (C=O) groups is 3. The fourth-order valence-electron chi connectivity index (χ4n) is 7.93. The first-order valence-corrected chi connectivity index (χ1v) is 16.4. The second-order valence-electron chi connectivity index (χ2n) is 14.2. The topological polar surface area (TPSA) is 114 Å². The van der Waals surface area contributed by atoms with E-state index in [9.17, 15) is 14.4 Å². The fourth-order valence-corrected chi connectivity index (χ4v) is 7.93. The molecule has 3 aromatic rings. The average molecular weight is 610 g/mol. The minimum Gasteiger partial charge on any atom is -0.493 e. The maximum Gasteiger partial charge on any atom is 0.270 e. The summed E-state index contributed by atoms with van der Waals surface area (Å²) < 4.78 is 7.65. The highest BCUT2D eigenvalue weighted by molar-refractivity contribution is 6.01. The lowest BCUT2D eigenvalue weighted by molar-refractivity contribution is -0.127. The molecule has 9 heteroatoms. The van der Waals surface area contributed by atoms with Gasteiger partial charge in [-0.3, -0.25) is 19.1 Å². The number of carbonyl (C=O) groups excluding carboxylic acids is 3. The minimum absolute atomic E-state index is 0.0902. The Morgan fingerprint density at radius 2 is 1.76 bits per heavy atom. The van der Waals surface area contributed by atoms with Crippen LogP contribution < -0.4 is 20.7 Å². The van der Waals surface area contributed by atoms with Crippen LogP contribution in [0.5, 0.6) is 5.75 Å². The van der Waals surface area contributed by atoms with Crippen LogP contribution in [0.25, 0.3) is 0 Å². The largest absolute Gasteiger partial charge is 0.493 e. The number of hydrogen-bond donors (Lipinski definition) is 3. The lowest BCUT2D eigenvalue weighted by Crippen LogP contribution is -2.52. The molecule has 45 heavy (non-hydrogen) atoms. The number of nitrogens with zero attached hydrogens (tertiary/aromatic N) is 2. The van der Waals surface area contributed by atoms with Crippen molar-refractivity contribution in [2.45, 2.75) is 82.1 Å². The van der Waals surface area contributed by atoms with Crippen molar-refractivity contribution in [3.05, 3.63) is 77.6 Å². The first-order chi connectivity index (χ1) is 21.7. The molecule has 3 aliphatic carbocycles. The van der Waals surface area contributed by atoms with Gasteiger partial charge >= 0.3 is 0 Å². The first kappa shape index (κ1) is 29.6. The van der Waals surface area contributed by atoms with Gasteiger partial charge in [-0.25, -0.2) is 0 Å². The number of para-hydroxylation sites is 1. The molecule has 2 aromatic carbocycles. The number of fused-ring (bicyclic) bond motifs is 1. The molecule has 3 saturated carbocycles.